The summed E-state index contributed by atoms with van der Waals surface area (Å²) in [5, 5.41) is 0. The first kappa shape index (κ1) is 14.0. The Labute approximate surface area is 115 Å². The van der Waals surface area contributed by atoms with Gasteiger partial charge in [0.2, 0.25) is 5.91 Å². The average molecular weight is 261 g/mol. The highest BCUT2D eigenvalue weighted by Gasteiger charge is 2.27. The third kappa shape index (κ3) is 3.77. The van der Waals surface area contributed by atoms with Crippen molar-refractivity contribution in [1.29, 1.82) is 0 Å². The zero-order valence-electron chi connectivity index (χ0n) is 11.9. The van der Waals surface area contributed by atoms with Crippen LogP contribution in [0.3, 0.4) is 0 Å². The van der Waals surface area contributed by atoms with E-state index in [1.165, 1.54) is 18.4 Å². The number of piperidine rings is 1. The van der Waals surface area contributed by atoms with Crippen molar-refractivity contribution in [3.8, 4) is 0 Å². The summed E-state index contributed by atoms with van der Waals surface area (Å²) in [6, 6.07) is 4.09. The summed E-state index contributed by atoms with van der Waals surface area (Å²) in [5.74, 6) is 0.260. The Morgan fingerprint density at radius 3 is 2.84 bits per heavy atom. The smallest absolute Gasteiger partial charge is 0.239 e. The lowest BCUT2D eigenvalue weighted by molar-refractivity contribution is -0.136. The fourth-order valence-corrected chi connectivity index (χ4v) is 2.60. The molecule has 1 aromatic heterocycles. The van der Waals surface area contributed by atoms with Crippen molar-refractivity contribution in [2.45, 2.75) is 31.7 Å². The van der Waals surface area contributed by atoms with Crippen molar-refractivity contribution >= 4 is 5.91 Å². The number of likely N-dealkylation sites (N-methyl/N-ethyl adjacent to an activating group) is 2. The predicted molar refractivity (Wildman–Crippen MR) is 75.8 cm³/mol. The first-order chi connectivity index (χ1) is 9.18. The summed E-state index contributed by atoms with van der Waals surface area (Å²) in [7, 11) is 3.96. The quantitative estimate of drug-likeness (QED) is 0.825. The molecule has 1 amide bonds. The van der Waals surface area contributed by atoms with Crippen LogP contribution < -0.4 is 0 Å². The third-order valence-corrected chi connectivity index (χ3v) is 3.92. The molecule has 0 aromatic carbocycles. The third-order valence-electron chi connectivity index (χ3n) is 3.92. The van der Waals surface area contributed by atoms with Gasteiger partial charge >= 0.3 is 0 Å². The van der Waals surface area contributed by atoms with Crippen LogP contribution in [-0.2, 0) is 11.2 Å². The second-order valence-corrected chi connectivity index (χ2v) is 5.36. The van der Waals surface area contributed by atoms with Gasteiger partial charge in [-0.3, -0.25) is 14.7 Å². The number of likely N-dealkylation sites (tertiary alicyclic amines) is 1. The van der Waals surface area contributed by atoms with Crippen molar-refractivity contribution < 1.29 is 4.79 Å². The van der Waals surface area contributed by atoms with Gasteiger partial charge in [-0.05, 0) is 50.6 Å². The molecule has 1 unspecified atom stereocenters. The molecule has 4 nitrogen and oxygen atoms in total. The maximum absolute atomic E-state index is 12.4. The summed E-state index contributed by atoms with van der Waals surface area (Å²) in [6.07, 6.45) is 7.86. The summed E-state index contributed by atoms with van der Waals surface area (Å²) in [4.78, 5) is 20.5. The van der Waals surface area contributed by atoms with E-state index in [0.717, 1.165) is 25.9 Å². The van der Waals surface area contributed by atoms with Gasteiger partial charge in [0.05, 0.1) is 6.04 Å². The molecule has 2 heterocycles. The summed E-state index contributed by atoms with van der Waals surface area (Å²) in [5.41, 5.74) is 1.23. The fraction of sp³-hybridized carbons (Fsp3) is 0.600. The van der Waals surface area contributed by atoms with Gasteiger partial charge in [0.1, 0.15) is 0 Å². The zero-order chi connectivity index (χ0) is 13.7. The molecule has 1 fully saturated rings. The number of rotatable bonds is 4. The highest BCUT2D eigenvalue weighted by Crippen LogP contribution is 2.16. The zero-order valence-corrected chi connectivity index (χ0v) is 11.9. The molecule has 0 bridgehead atoms. The number of amides is 1. The Morgan fingerprint density at radius 2 is 2.16 bits per heavy atom. The number of carbonyl (C=O) groups is 1. The maximum atomic E-state index is 12.4. The number of nitrogens with zero attached hydrogens (tertiary/aromatic N) is 3. The molecule has 2 rings (SSSR count). The van der Waals surface area contributed by atoms with Crippen molar-refractivity contribution in [2.24, 2.45) is 0 Å². The van der Waals surface area contributed by atoms with Gasteiger partial charge in [0.25, 0.3) is 0 Å². The topological polar surface area (TPSA) is 36.4 Å². The number of pyridine rings is 1. The van der Waals surface area contributed by atoms with E-state index in [1.807, 2.05) is 24.1 Å². The Morgan fingerprint density at radius 1 is 1.42 bits per heavy atom. The van der Waals surface area contributed by atoms with E-state index >= 15 is 0 Å². The van der Waals surface area contributed by atoms with Crippen molar-refractivity contribution in [3.63, 3.8) is 0 Å². The van der Waals surface area contributed by atoms with Gasteiger partial charge in [-0.2, -0.15) is 0 Å². The van der Waals surface area contributed by atoms with Crippen molar-refractivity contribution in [3.05, 3.63) is 30.1 Å². The number of hydrogen-bond acceptors (Lipinski definition) is 3. The first-order valence-corrected chi connectivity index (χ1v) is 7.02. The fourth-order valence-electron chi connectivity index (χ4n) is 2.60. The molecule has 104 valence electrons. The largest absolute Gasteiger partial charge is 0.344 e. The minimum Gasteiger partial charge on any atom is -0.344 e. The molecule has 1 atom stereocenters. The Hall–Kier alpha value is -1.42. The normalized spacial score (nSPS) is 20.2. The SMILES string of the molecule is CN(CCc1ccncc1)C(=O)C1CCCCN1C. The molecule has 0 spiro atoms. The molecule has 4 heteroatoms. The Kier molecular flexibility index (Phi) is 4.91. The molecule has 0 N–H and O–H groups in total. The van der Waals surface area contributed by atoms with Crippen LogP contribution in [0.25, 0.3) is 0 Å². The Bertz CT molecular complexity index is 407. The van der Waals surface area contributed by atoms with E-state index in [-0.39, 0.29) is 11.9 Å². The minimum absolute atomic E-state index is 0.0798. The van der Waals surface area contributed by atoms with Crippen molar-refractivity contribution in [2.75, 3.05) is 27.2 Å². The summed E-state index contributed by atoms with van der Waals surface area (Å²) in [6.45, 7) is 1.81. The number of aromatic nitrogens is 1. The van der Waals surface area contributed by atoms with Crippen LogP contribution in [0.1, 0.15) is 24.8 Å². The molecule has 0 saturated carbocycles. The molecular weight excluding hydrogens is 238 g/mol. The molecule has 1 aliphatic heterocycles. The van der Waals surface area contributed by atoms with Gasteiger partial charge in [0.15, 0.2) is 0 Å². The van der Waals surface area contributed by atoms with Crippen LogP contribution in [0.2, 0.25) is 0 Å². The molecular formula is C15H23N3O. The van der Waals surface area contributed by atoms with E-state index in [9.17, 15) is 4.79 Å². The Balaban J connectivity index is 1.85. The molecule has 0 aliphatic carbocycles. The first-order valence-electron chi connectivity index (χ1n) is 7.02. The highest BCUT2D eigenvalue weighted by atomic mass is 16.2. The van der Waals surface area contributed by atoms with E-state index < -0.39 is 0 Å². The van der Waals surface area contributed by atoms with Crippen LogP contribution in [0.5, 0.6) is 0 Å². The van der Waals surface area contributed by atoms with E-state index in [0.29, 0.717) is 0 Å². The van der Waals surface area contributed by atoms with Crippen LogP contribution in [0, 0.1) is 0 Å². The van der Waals surface area contributed by atoms with Crippen LogP contribution in [-0.4, -0.2) is 53.9 Å². The molecule has 19 heavy (non-hydrogen) atoms. The molecule has 0 radical (unpaired) electrons. The number of carbonyl (C=O) groups excluding carboxylic acids is 1. The second-order valence-electron chi connectivity index (χ2n) is 5.36. The van der Waals surface area contributed by atoms with Crippen LogP contribution in [0.15, 0.2) is 24.5 Å². The van der Waals surface area contributed by atoms with Gasteiger partial charge in [0, 0.05) is 26.0 Å². The summed E-state index contributed by atoms with van der Waals surface area (Å²) >= 11 is 0. The minimum atomic E-state index is 0.0798. The van der Waals surface area contributed by atoms with Crippen molar-refractivity contribution in [1.82, 2.24) is 14.8 Å². The van der Waals surface area contributed by atoms with E-state index in [1.54, 1.807) is 12.4 Å². The lowest BCUT2D eigenvalue weighted by atomic mass is 10.0. The lowest BCUT2D eigenvalue weighted by Crippen LogP contribution is -2.48. The molecule has 1 saturated heterocycles. The number of hydrogen-bond donors (Lipinski definition) is 0. The maximum Gasteiger partial charge on any atom is 0.239 e. The van der Waals surface area contributed by atoms with E-state index in [2.05, 4.69) is 16.9 Å². The lowest BCUT2D eigenvalue weighted by Gasteiger charge is -2.34. The predicted octanol–water partition coefficient (Wildman–Crippen LogP) is 1.57. The highest BCUT2D eigenvalue weighted by molar-refractivity contribution is 5.81. The standard InChI is InChI=1S/C15H23N3O/c1-17-11-4-3-5-14(17)15(19)18(2)12-8-13-6-9-16-10-7-13/h6-7,9-10,14H,3-5,8,11-12H2,1-2H3. The van der Waals surface area contributed by atoms with Gasteiger partial charge in [-0.1, -0.05) is 6.42 Å². The van der Waals surface area contributed by atoms with Gasteiger partial charge < -0.3 is 4.90 Å². The summed E-state index contributed by atoms with van der Waals surface area (Å²) < 4.78 is 0. The van der Waals surface area contributed by atoms with E-state index in [4.69, 9.17) is 0 Å². The average Bonchev–Trinajstić information content (AvgIpc) is 2.45. The van der Waals surface area contributed by atoms with Gasteiger partial charge in [-0.25, -0.2) is 0 Å². The second kappa shape index (κ2) is 6.66. The molecule has 1 aromatic rings. The van der Waals surface area contributed by atoms with Crippen LogP contribution in [0.4, 0.5) is 0 Å². The molecule has 1 aliphatic rings. The van der Waals surface area contributed by atoms with Gasteiger partial charge in [-0.15, -0.1) is 0 Å². The van der Waals surface area contributed by atoms with Crippen LogP contribution >= 0.6 is 0 Å². The monoisotopic (exact) mass is 261 g/mol.